The molecule has 0 unspecified atom stereocenters. The number of thiophene rings is 1. The third-order valence-electron chi connectivity index (χ3n) is 4.62. The number of benzene rings is 1. The molecule has 0 saturated heterocycles. The van der Waals surface area contributed by atoms with E-state index in [0.29, 0.717) is 22.0 Å². The predicted octanol–water partition coefficient (Wildman–Crippen LogP) is 3.84. The molecule has 1 aromatic heterocycles. The van der Waals surface area contributed by atoms with Crippen LogP contribution in [-0.4, -0.2) is 11.8 Å². The van der Waals surface area contributed by atoms with Crippen LogP contribution in [0.5, 0.6) is 0 Å². The molecule has 126 valence electrons. The van der Waals surface area contributed by atoms with Gasteiger partial charge in [0.05, 0.1) is 5.56 Å². The topological polar surface area (TPSA) is 72.2 Å². The number of fused-ring (bicyclic) bond motifs is 1. The van der Waals surface area contributed by atoms with Crippen LogP contribution in [0.15, 0.2) is 18.2 Å². The van der Waals surface area contributed by atoms with Crippen LogP contribution in [0.25, 0.3) is 0 Å². The molecule has 1 aliphatic rings. The average Bonchev–Trinajstić information content (AvgIpc) is 2.86. The lowest BCUT2D eigenvalue weighted by atomic mass is 9.88. The Labute approximate surface area is 146 Å². The molecule has 2 aromatic rings. The van der Waals surface area contributed by atoms with Crippen molar-refractivity contribution in [2.45, 2.75) is 40.0 Å². The second-order valence-electron chi connectivity index (χ2n) is 6.69. The van der Waals surface area contributed by atoms with Crippen LogP contribution >= 0.6 is 11.3 Å². The van der Waals surface area contributed by atoms with E-state index in [2.05, 4.69) is 12.2 Å². The first-order valence-corrected chi connectivity index (χ1v) is 9.01. The summed E-state index contributed by atoms with van der Waals surface area (Å²) in [5.74, 6) is -0.0527. The van der Waals surface area contributed by atoms with Gasteiger partial charge in [0.25, 0.3) is 11.8 Å². The van der Waals surface area contributed by atoms with Gasteiger partial charge in [0.15, 0.2) is 0 Å². The maximum Gasteiger partial charge on any atom is 0.256 e. The van der Waals surface area contributed by atoms with Gasteiger partial charge in [-0.3, -0.25) is 9.59 Å². The van der Waals surface area contributed by atoms with Crippen molar-refractivity contribution in [3.8, 4) is 0 Å². The number of carbonyl (C=O) groups is 2. The van der Waals surface area contributed by atoms with E-state index in [1.807, 2.05) is 32.0 Å². The summed E-state index contributed by atoms with van der Waals surface area (Å²) >= 11 is 1.49. The fourth-order valence-corrected chi connectivity index (χ4v) is 4.66. The second kappa shape index (κ2) is 6.40. The van der Waals surface area contributed by atoms with Gasteiger partial charge in [-0.25, -0.2) is 0 Å². The van der Waals surface area contributed by atoms with Gasteiger partial charge in [0.1, 0.15) is 5.00 Å². The highest BCUT2D eigenvalue weighted by Crippen LogP contribution is 2.39. The molecule has 1 aliphatic carbocycles. The number of aryl methyl sites for hydroxylation is 2. The molecule has 0 fully saturated rings. The highest BCUT2D eigenvalue weighted by atomic mass is 32.1. The molecule has 0 spiro atoms. The lowest BCUT2D eigenvalue weighted by Crippen LogP contribution is -2.19. The maximum absolute atomic E-state index is 12.7. The molecule has 0 aliphatic heterocycles. The first-order valence-electron chi connectivity index (χ1n) is 8.19. The third kappa shape index (κ3) is 3.08. The Kier molecular flexibility index (Phi) is 4.45. The van der Waals surface area contributed by atoms with E-state index >= 15 is 0 Å². The largest absolute Gasteiger partial charge is 0.365 e. The van der Waals surface area contributed by atoms with Gasteiger partial charge in [-0.1, -0.05) is 24.6 Å². The van der Waals surface area contributed by atoms with Crippen molar-refractivity contribution in [1.82, 2.24) is 0 Å². The molecule has 3 N–H and O–H groups in total. The van der Waals surface area contributed by atoms with Gasteiger partial charge >= 0.3 is 0 Å². The van der Waals surface area contributed by atoms with Crippen LogP contribution in [-0.2, 0) is 12.8 Å². The molecule has 3 rings (SSSR count). The fraction of sp³-hybridized carbons (Fsp3) is 0.368. The smallest absolute Gasteiger partial charge is 0.256 e. The number of anilines is 1. The quantitative estimate of drug-likeness (QED) is 0.889. The number of carbonyl (C=O) groups excluding carboxylic acids is 2. The summed E-state index contributed by atoms with van der Waals surface area (Å²) in [5.41, 5.74) is 9.70. The zero-order valence-corrected chi connectivity index (χ0v) is 15.0. The second-order valence-corrected chi connectivity index (χ2v) is 7.80. The zero-order chi connectivity index (χ0) is 17.4. The van der Waals surface area contributed by atoms with Crippen molar-refractivity contribution in [3.63, 3.8) is 0 Å². The van der Waals surface area contributed by atoms with Crippen LogP contribution in [0.3, 0.4) is 0 Å². The number of rotatable bonds is 3. The van der Waals surface area contributed by atoms with Crippen LogP contribution < -0.4 is 11.1 Å². The van der Waals surface area contributed by atoms with Crippen LogP contribution in [0.4, 0.5) is 5.00 Å². The van der Waals surface area contributed by atoms with Crippen molar-refractivity contribution in [2.75, 3.05) is 5.32 Å². The molecule has 0 radical (unpaired) electrons. The highest BCUT2D eigenvalue weighted by Gasteiger charge is 2.27. The van der Waals surface area contributed by atoms with E-state index in [1.165, 1.54) is 16.2 Å². The molecule has 1 atom stereocenters. The van der Waals surface area contributed by atoms with Gasteiger partial charge in [-0.05, 0) is 56.2 Å². The summed E-state index contributed by atoms with van der Waals surface area (Å²) in [5, 5.41) is 3.52. The minimum atomic E-state index is -0.460. The van der Waals surface area contributed by atoms with E-state index < -0.39 is 5.91 Å². The van der Waals surface area contributed by atoms with Crippen LogP contribution in [0.1, 0.15) is 55.6 Å². The summed E-state index contributed by atoms with van der Waals surface area (Å²) in [7, 11) is 0. The van der Waals surface area contributed by atoms with Gasteiger partial charge < -0.3 is 11.1 Å². The zero-order valence-electron chi connectivity index (χ0n) is 14.2. The molecular weight excluding hydrogens is 320 g/mol. The number of hydrogen-bond acceptors (Lipinski definition) is 3. The molecule has 0 saturated carbocycles. The lowest BCUT2D eigenvalue weighted by molar-refractivity contribution is 0.1000. The standard InChI is InChI=1S/C19H22N2O2S/c1-10-4-6-12(3)14(8-10)18(23)21-19-16(17(20)22)13-7-5-11(2)9-15(13)24-19/h4,6,8,11H,5,7,9H2,1-3H3,(H2,20,22)(H,21,23)/t11-/m0/s1. The summed E-state index contributed by atoms with van der Waals surface area (Å²) in [6.07, 6.45) is 2.85. The number of amides is 2. The Hall–Kier alpha value is -2.14. The van der Waals surface area contributed by atoms with Gasteiger partial charge in [0, 0.05) is 10.4 Å². The summed E-state index contributed by atoms with van der Waals surface area (Å²) < 4.78 is 0. The first-order chi connectivity index (χ1) is 11.4. The predicted molar refractivity (Wildman–Crippen MR) is 97.9 cm³/mol. The lowest BCUT2D eigenvalue weighted by Gasteiger charge is -2.18. The Morgan fingerprint density at radius 3 is 2.75 bits per heavy atom. The van der Waals surface area contributed by atoms with E-state index in [1.54, 1.807) is 0 Å². The fourth-order valence-electron chi connectivity index (χ4n) is 3.25. The van der Waals surface area contributed by atoms with E-state index in [0.717, 1.165) is 36.0 Å². The number of hydrogen-bond donors (Lipinski definition) is 2. The molecule has 5 heteroatoms. The summed E-state index contributed by atoms with van der Waals surface area (Å²) in [4.78, 5) is 25.8. The Morgan fingerprint density at radius 1 is 1.29 bits per heavy atom. The molecule has 4 nitrogen and oxygen atoms in total. The Bertz CT molecular complexity index is 823. The Balaban J connectivity index is 1.96. The molecule has 0 bridgehead atoms. The van der Waals surface area contributed by atoms with Crippen LogP contribution in [0, 0.1) is 19.8 Å². The summed E-state index contributed by atoms with van der Waals surface area (Å²) in [6, 6.07) is 5.77. The maximum atomic E-state index is 12.7. The van der Waals surface area contributed by atoms with Crippen molar-refractivity contribution < 1.29 is 9.59 Å². The molecule has 1 aromatic carbocycles. The number of nitrogens with one attached hydrogen (secondary N) is 1. The normalized spacial score (nSPS) is 16.5. The van der Waals surface area contributed by atoms with Crippen LogP contribution in [0.2, 0.25) is 0 Å². The van der Waals surface area contributed by atoms with E-state index in [-0.39, 0.29) is 5.91 Å². The molecule has 24 heavy (non-hydrogen) atoms. The number of primary amides is 1. The van der Waals surface area contributed by atoms with Crippen molar-refractivity contribution in [2.24, 2.45) is 11.7 Å². The van der Waals surface area contributed by atoms with Crippen molar-refractivity contribution in [1.29, 1.82) is 0 Å². The average molecular weight is 342 g/mol. The third-order valence-corrected chi connectivity index (χ3v) is 5.79. The van der Waals surface area contributed by atoms with E-state index in [9.17, 15) is 9.59 Å². The molecular formula is C19H22N2O2S. The molecule has 2 amide bonds. The van der Waals surface area contributed by atoms with Gasteiger partial charge in [-0.2, -0.15) is 0 Å². The highest BCUT2D eigenvalue weighted by molar-refractivity contribution is 7.17. The van der Waals surface area contributed by atoms with Crippen molar-refractivity contribution in [3.05, 3.63) is 50.9 Å². The molecule has 1 heterocycles. The van der Waals surface area contributed by atoms with Gasteiger partial charge in [-0.15, -0.1) is 11.3 Å². The number of nitrogens with two attached hydrogens (primary N) is 1. The minimum Gasteiger partial charge on any atom is -0.365 e. The Morgan fingerprint density at radius 2 is 2.04 bits per heavy atom. The van der Waals surface area contributed by atoms with E-state index in [4.69, 9.17) is 5.73 Å². The van der Waals surface area contributed by atoms with Crippen molar-refractivity contribution >= 4 is 28.2 Å². The summed E-state index contributed by atoms with van der Waals surface area (Å²) in [6.45, 7) is 6.07. The monoisotopic (exact) mass is 342 g/mol. The van der Waals surface area contributed by atoms with Gasteiger partial charge in [0.2, 0.25) is 0 Å². The SMILES string of the molecule is Cc1ccc(C)c(C(=O)Nc2sc3c(c2C(N)=O)CC[C@H](C)C3)c1. The first kappa shape index (κ1) is 16.7. The minimum absolute atomic E-state index is 0.189.